The van der Waals surface area contributed by atoms with Gasteiger partial charge in [0.25, 0.3) is 5.91 Å². The molecule has 2 aromatic carbocycles. The van der Waals surface area contributed by atoms with Crippen LogP contribution in [0.4, 0.5) is 4.39 Å². The summed E-state index contributed by atoms with van der Waals surface area (Å²) in [6.45, 7) is 0.311. The topological polar surface area (TPSA) is 107 Å². The molecule has 4 rings (SSSR count). The van der Waals surface area contributed by atoms with Crippen molar-refractivity contribution in [2.45, 2.75) is 32.0 Å². The van der Waals surface area contributed by atoms with Crippen molar-refractivity contribution in [1.82, 2.24) is 14.8 Å². The molecule has 178 valence electrons. The molecule has 2 heterocycles. The molecule has 1 aliphatic heterocycles. The SMILES string of the molecule is COc1ccc2c(C(N)=O)cn(CC(=O)N3CCC[C@H]3C(=O)NCc3cccc(Cl)c3F)c2c1. The Labute approximate surface area is 200 Å². The van der Waals surface area contributed by atoms with E-state index in [9.17, 15) is 18.8 Å². The van der Waals surface area contributed by atoms with E-state index < -0.39 is 17.8 Å². The molecule has 8 nitrogen and oxygen atoms in total. The lowest BCUT2D eigenvalue weighted by atomic mass is 10.1. The van der Waals surface area contributed by atoms with E-state index in [4.69, 9.17) is 22.1 Å². The van der Waals surface area contributed by atoms with E-state index >= 15 is 0 Å². The highest BCUT2D eigenvalue weighted by Gasteiger charge is 2.34. The number of methoxy groups -OCH3 is 1. The highest BCUT2D eigenvalue weighted by atomic mass is 35.5. The Morgan fingerprint density at radius 2 is 2.06 bits per heavy atom. The quantitative estimate of drug-likeness (QED) is 0.535. The van der Waals surface area contributed by atoms with Crippen LogP contribution >= 0.6 is 11.6 Å². The molecule has 1 atom stereocenters. The number of halogens is 2. The maximum atomic E-state index is 14.1. The lowest BCUT2D eigenvalue weighted by Gasteiger charge is -2.24. The highest BCUT2D eigenvalue weighted by molar-refractivity contribution is 6.30. The molecule has 3 amide bonds. The third-order valence-electron chi connectivity index (χ3n) is 6.02. The molecule has 3 N–H and O–H groups in total. The summed E-state index contributed by atoms with van der Waals surface area (Å²) < 4.78 is 21.0. The molecule has 1 saturated heterocycles. The van der Waals surface area contributed by atoms with Gasteiger partial charge in [-0.2, -0.15) is 0 Å². The van der Waals surface area contributed by atoms with Gasteiger partial charge in [0.2, 0.25) is 11.8 Å². The number of rotatable bonds is 7. The number of aromatic nitrogens is 1. The number of nitrogens with zero attached hydrogens (tertiary/aromatic N) is 2. The fraction of sp³-hybridized carbons (Fsp3) is 0.292. The van der Waals surface area contributed by atoms with Gasteiger partial charge >= 0.3 is 0 Å². The summed E-state index contributed by atoms with van der Waals surface area (Å²) in [6, 6.07) is 9.07. The lowest BCUT2D eigenvalue weighted by Crippen LogP contribution is -2.46. The average Bonchev–Trinajstić information content (AvgIpc) is 3.45. The first-order valence-electron chi connectivity index (χ1n) is 10.8. The van der Waals surface area contributed by atoms with Gasteiger partial charge in [-0.25, -0.2) is 4.39 Å². The molecule has 0 bridgehead atoms. The van der Waals surface area contributed by atoms with Crippen LogP contribution in [0.15, 0.2) is 42.6 Å². The minimum Gasteiger partial charge on any atom is -0.497 e. The van der Waals surface area contributed by atoms with Crippen LogP contribution in [0.3, 0.4) is 0 Å². The largest absolute Gasteiger partial charge is 0.497 e. The Morgan fingerprint density at radius 1 is 1.26 bits per heavy atom. The van der Waals surface area contributed by atoms with Crippen LogP contribution in [0.5, 0.6) is 5.75 Å². The molecule has 0 saturated carbocycles. The van der Waals surface area contributed by atoms with Crippen molar-refractivity contribution >= 4 is 40.2 Å². The summed E-state index contributed by atoms with van der Waals surface area (Å²) in [5.74, 6) is -1.25. The summed E-state index contributed by atoms with van der Waals surface area (Å²) >= 11 is 5.80. The molecule has 1 fully saturated rings. The summed E-state index contributed by atoms with van der Waals surface area (Å²) in [5, 5.41) is 3.30. The smallest absolute Gasteiger partial charge is 0.250 e. The number of carbonyl (C=O) groups excluding carboxylic acids is 3. The zero-order chi connectivity index (χ0) is 24.4. The number of benzene rings is 2. The number of amides is 3. The van der Waals surface area contributed by atoms with E-state index in [2.05, 4.69) is 5.32 Å². The van der Waals surface area contributed by atoms with Gasteiger partial charge in [0.1, 0.15) is 24.2 Å². The minimum absolute atomic E-state index is 0.0182. The fourth-order valence-corrected chi connectivity index (χ4v) is 4.48. The number of nitrogens with one attached hydrogen (secondary N) is 1. The van der Waals surface area contributed by atoms with E-state index in [1.165, 1.54) is 24.3 Å². The molecule has 3 aromatic rings. The molecule has 0 radical (unpaired) electrons. The van der Waals surface area contributed by atoms with Crippen LogP contribution in [0.1, 0.15) is 28.8 Å². The Hall–Kier alpha value is -3.59. The second kappa shape index (κ2) is 9.72. The van der Waals surface area contributed by atoms with Gasteiger partial charge in [0.05, 0.1) is 23.2 Å². The van der Waals surface area contributed by atoms with Crippen LogP contribution in [0.25, 0.3) is 10.9 Å². The van der Waals surface area contributed by atoms with E-state index in [0.29, 0.717) is 41.6 Å². The highest BCUT2D eigenvalue weighted by Crippen LogP contribution is 2.27. The summed E-state index contributed by atoms with van der Waals surface area (Å²) in [7, 11) is 1.53. The lowest BCUT2D eigenvalue weighted by molar-refractivity contribution is -0.138. The van der Waals surface area contributed by atoms with Crippen molar-refractivity contribution in [3.05, 3.63) is 64.6 Å². The van der Waals surface area contributed by atoms with Gasteiger partial charge in [-0.3, -0.25) is 14.4 Å². The van der Waals surface area contributed by atoms with Crippen molar-refractivity contribution in [2.75, 3.05) is 13.7 Å². The first-order valence-corrected chi connectivity index (χ1v) is 11.1. The Balaban J connectivity index is 1.50. The molecule has 0 spiro atoms. The number of ether oxygens (including phenoxy) is 1. The molecule has 1 aliphatic rings. The Bertz CT molecular complexity index is 1280. The van der Waals surface area contributed by atoms with Crippen LogP contribution in [-0.4, -0.2) is 46.9 Å². The van der Waals surface area contributed by atoms with Crippen molar-refractivity contribution in [2.24, 2.45) is 5.73 Å². The van der Waals surface area contributed by atoms with Gasteiger partial charge in [0, 0.05) is 36.3 Å². The van der Waals surface area contributed by atoms with Crippen molar-refractivity contribution in [3.63, 3.8) is 0 Å². The van der Waals surface area contributed by atoms with Crippen molar-refractivity contribution < 1.29 is 23.5 Å². The first-order chi connectivity index (χ1) is 16.3. The fourth-order valence-electron chi connectivity index (χ4n) is 4.29. The van der Waals surface area contributed by atoms with Crippen LogP contribution in [0, 0.1) is 5.82 Å². The molecule has 34 heavy (non-hydrogen) atoms. The molecule has 0 aliphatic carbocycles. The van der Waals surface area contributed by atoms with Crippen LogP contribution in [0.2, 0.25) is 5.02 Å². The average molecular weight is 487 g/mol. The van der Waals surface area contributed by atoms with E-state index in [0.717, 1.165) is 0 Å². The van der Waals surface area contributed by atoms with E-state index in [1.807, 2.05) is 0 Å². The van der Waals surface area contributed by atoms with Crippen molar-refractivity contribution in [3.8, 4) is 5.75 Å². The number of nitrogens with two attached hydrogens (primary N) is 1. The number of fused-ring (bicyclic) bond motifs is 1. The van der Waals surface area contributed by atoms with Gasteiger partial charge in [-0.15, -0.1) is 0 Å². The summed E-state index contributed by atoms with van der Waals surface area (Å²) in [5.41, 5.74) is 6.70. The normalized spacial score (nSPS) is 15.5. The summed E-state index contributed by atoms with van der Waals surface area (Å²) in [4.78, 5) is 39.4. The minimum atomic E-state index is -0.665. The molecule has 10 heteroatoms. The standard InChI is InChI=1S/C24H24ClFN4O4/c1-34-15-7-8-16-17(23(27)32)12-29(20(16)10-15)13-21(31)30-9-3-6-19(30)24(33)28-11-14-4-2-5-18(25)22(14)26/h2,4-5,7-8,10,12,19H,3,6,9,11,13H2,1H3,(H2,27,32)(H,28,33)/t19-/m0/s1. The van der Waals surface area contributed by atoms with E-state index in [1.54, 1.807) is 34.9 Å². The van der Waals surface area contributed by atoms with Gasteiger partial charge in [-0.1, -0.05) is 23.7 Å². The first kappa shape index (κ1) is 23.6. The predicted octanol–water partition coefficient (Wildman–Crippen LogP) is 2.85. The maximum absolute atomic E-state index is 14.1. The second-order valence-corrected chi connectivity index (χ2v) is 8.50. The third kappa shape index (κ3) is 4.56. The number of hydrogen-bond acceptors (Lipinski definition) is 4. The molecule has 1 aromatic heterocycles. The number of likely N-dealkylation sites (tertiary alicyclic amines) is 1. The number of carbonyl (C=O) groups is 3. The van der Waals surface area contributed by atoms with Crippen LogP contribution < -0.4 is 15.8 Å². The zero-order valence-electron chi connectivity index (χ0n) is 18.5. The maximum Gasteiger partial charge on any atom is 0.250 e. The Morgan fingerprint density at radius 3 is 2.79 bits per heavy atom. The zero-order valence-corrected chi connectivity index (χ0v) is 19.3. The molecular weight excluding hydrogens is 463 g/mol. The van der Waals surface area contributed by atoms with Gasteiger partial charge < -0.3 is 25.3 Å². The number of hydrogen-bond donors (Lipinski definition) is 2. The van der Waals surface area contributed by atoms with Gasteiger partial charge in [0.15, 0.2) is 0 Å². The van der Waals surface area contributed by atoms with E-state index in [-0.39, 0.29) is 35.5 Å². The van der Waals surface area contributed by atoms with Crippen molar-refractivity contribution in [1.29, 1.82) is 0 Å². The molecule has 0 unspecified atom stereocenters. The van der Waals surface area contributed by atoms with Crippen LogP contribution in [-0.2, 0) is 22.7 Å². The predicted molar refractivity (Wildman–Crippen MR) is 125 cm³/mol. The number of primary amides is 1. The summed E-state index contributed by atoms with van der Waals surface area (Å²) in [6.07, 6.45) is 2.71. The molecular formula is C24H24ClFN4O4. The van der Waals surface area contributed by atoms with Gasteiger partial charge in [-0.05, 0) is 31.0 Å². The third-order valence-corrected chi connectivity index (χ3v) is 6.31. The monoisotopic (exact) mass is 486 g/mol. The Kier molecular flexibility index (Phi) is 6.74. The second-order valence-electron chi connectivity index (χ2n) is 8.09.